The van der Waals surface area contributed by atoms with Crippen LogP contribution in [0.2, 0.25) is 0 Å². The van der Waals surface area contributed by atoms with Gasteiger partial charge >= 0.3 is 18.4 Å². The summed E-state index contributed by atoms with van der Waals surface area (Å²) in [6.45, 7) is 0.301. The van der Waals surface area contributed by atoms with Crippen LogP contribution in [0.4, 0.5) is 36.8 Å². The number of nitro groups is 1. The average Bonchev–Trinajstić information content (AvgIpc) is 3.23. The Kier molecular flexibility index (Phi) is 6.96. The van der Waals surface area contributed by atoms with Crippen LogP contribution in [0.5, 0.6) is 0 Å². The molecule has 2 amide bonds. The second-order valence-corrected chi connectivity index (χ2v) is 7.89. The van der Waals surface area contributed by atoms with Gasteiger partial charge < -0.3 is 14.5 Å². The molecular weight excluding hydrogens is 478 g/mol. The molecule has 1 unspecified atom stereocenters. The zero-order chi connectivity index (χ0) is 25.4. The van der Waals surface area contributed by atoms with E-state index in [1.807, 2.05) is 0 Å². The molecule has 2 aliphatic heterocycles. The molecule has 0 saturated carbocycles. The lowest BCUT2D eigenvalue weighted by molar-refractivity contribution is -0.388. The van der Waals surface area contributed by atoms with Crippen molar-refractivity contribution in [2.24, 2.45) is 0 Å². The number of hydrogen-bond acceptors (Lipinski definition) is 6. The molecular formula is C19H20F6N4O5. The minimum atomic E-state index is -5.16. The number of alkyl halides is 6. The summed E-state index contributed by atoms with van der Waals surface area (Å²) in [5, 5.41) is 13.1. The highest BCUT2D eigenvalue weighted by Gasteiger charge is 2.53. The summed E-state index contributed by atoms with van der Waals surface area (Å²) in [5.74, 6) is -2.26. The Labute approximate surface area is 188 Å². The zero-order valence-electron chi connectivity index (χ0n) is 17.7. The summed E-state index contributed by atoms with van der Waals surface area (Å²) in [7, 11) is 1.18. The first kappa shape index (κ1) is 25.5. The summed E-state index contributed by atoms with van der Waals surface area (Å²) in [6, 6.07) is -1.97. The Morgan fingerprint density at radius 2 is 1.68 bits per heavy atom. The van der Waals surface area contributed by atoms with Crippen molar-refractivity contribution in [3.63, 3.8) is 0 Å². The van der Waals surface area contributed by atoms with Crippen LogP contribution in [-0.4, -0.2) is 78.3 Å². The van der Waals surface area contributed by atoms with Gasteiger partial charge in [-0.3, -0.25) is 20.2 Å². The van der Waals surface area contributed by atoms with E-state index in [-0.39, 0.29) is 26.2 Å². The molecule has 0 bridgehead atoms. The van der Waals surface area contributed by atoms with Crippen molar-refractivity contribution in [3.8, 4) is 0 Å². The predicted octanol–water partition coefficient (Wildman–Crippen LogP) is 2.90. The molecule has 0 spiro atoms. The van der Waals surface area contributed by atoms with Crippen molar-refractivity contribution >= 4 is 17.7 Å². The van der Waals surface area contributed by atoms with Crippen molar-refractivity contribution in [2.75, 3.05) is 33.3 Å². The van der Waals surface area contributed by atoms with E-state index in [4.69, 9.17) is 0 Å². The zero-order valence-corrected chi connectivity index (χ0v) is 17.7. The second kappa shape index (κ2) is 9.27. The number of benzene rings is 1. The van der Waals surface area contributed by atoms with Crippen molar-refractivity contribution in [3.05, 3.63) is 39.4 Å². The molecule has 0 aromatic heterocycles. The monoisotopic (exact) mass is 498 g/mol. The van der Waals surface area contributed by atoms with Gasteiger partial charge in [0.05, 0.1) is 18.1 Å². The van der Waals surface area contributed by atoms with Crippen molar-refractivity contribution in [2.45, 2.75) is 36.8 Å². The summed E-state index contributed by atoms with van der Waals surface area (Å²) >= 11 is 0. The van der Waals surface area contributed by atoms with Gasteiger partial charge in [0.1, 0.15) is 11.6 Å². The van der Waals surface area contributed by atoms with Gasteiger partial charge in [-0.2, -0.15) is 26.3 Å². The first-order valence-corrected chi connectivity index (χ1v) is 10.0. The molecule has 2 saturated heterocycles. The molecule has 2 aliphatic rings. The third kappa shape index (κ3) is 5.18. The highest BCUT2D eigenvalue weighted by Crippen LogP contribution is 2.43. The third-order valence-electron chi connectivity index (χ3n) is 5.90. The number of carbonyl (C=O) groups is 2. The topological polar surface area (TPSA) is 105 Å². The van der Waals surface area contributed by atoms with Crippen molar-refractivity contribution in [1.29, 1.82) is 0 Å². The molecule has 15 heteroatoms. The fourth-order valence-corrected chi connectivity index (χ4v) is 4.24. The van der Waals surface area contributed by atoms with Crippen LogP contribution in [0.15, 0.2) is 18.2 Å². The van der Waals surface area contributed by atoms with E-state index >= 15 is 0 Å². The average molecular weight is 498 g/mol. The third-order valence-corrected chi connectivity index (χ3v) is 5.90. The van der Waals surface area contributed by atoms with Gasteiger partial charge in [0.2, 0.25) is 5.91 Å². The number of nitro benzene ring substituents is 1. The standard InChI is InChI=1S/C19H20F6N4O5/c1-34-17(31)28-6-4-27(5-7-28)16(30)13-9-11(15(26-13)19(23,24)25)10-2-3-14(29(32)33)12(8-10)18(20,21)22/h2-3,8,11,13,15,26H,4-7,9H2,1H3/t11?,13-,15+/m0/s1. The van der Waals surface area contributed by atoms with Gasteiger partial charge in [0, 0.05) is 38.2 Å². The molecule has 188 valence electrons. The Balaban J connectivity index is 1.84. The Hall–Kier alpha value is -3.10. The largest absolute Gasteiger partial charge is 0.453 e. The Morgan fingerprint density at radius 3 is 2.18 bits per heavy atom. The molecule has 1 N–H and O–H groups in total. The number of rotatable bonds is 3. The molecule has 1 aromatic carbocycles. The van der Waals surface area contributed by atoms with Gasteiger partial charge in [0.15, 0.2) is 0 Å². The molecule has 2 heterocycles. The lowest BCUT2D eigenvalue weighted by Gasteiger charge is -2.35. The number of amides is 2. The van der Waals surface area contributed by atoms with Crippen molar-refractivity contribution < 1.29 is 45.6 Å². The molecule has 0 aliphatic carbocycles. The molecule has 0 radical (unpaired) electrons. The van der Waals surface area contributed by atoms with Gasteiger partial charge in [0.25, 0.3) is 5.69 Å². The Morgan fingerprint density at radius 1 is 1.09 bits per heavy atom. The van der Waals surface area contributed by atoms with Crippen LogP contribution >= 0.6 is 0 Å². The highest BCUT2D eigenvalue weighted by molar-refractivity contribution is 5.83. The minimum absolute atomic E-state index is 0.0449. The van der Waals surface area contributed by atoms with Gasteiger partial charge in [-0.25, -0.2) is 4.79 Å². The van der Waals surface area contributed by atoms with Gasteiger partial charge in [-0.05, 0) is 18.1 Å². The van der Waals surface area contributed by atoms with Crippen molar-refractivity contribution in [1.82, 2.24) is 15.1 Å². The lowest BCUT2D eigenvalue weighted by Crippen LogP contribution is -2.55. The molecule has 3 atom stereocenters. The number of nitrogens with zero attached hydrogens (tertiary/aromatic N) is 3. The van der Waals surface area contributed by atoms with Crippen LogP contribution in [0.3, 0.4) is 0 Å². The number of ether oxygens (including phenoxy) is 1. The van der Waals surface area contributed by atoms with E-state index in [2.05, 4.69) is 10.1 Å². The summed E-state index contributed by atoms with van der Waals surface area (Å²) in [6.07, 6.45) is -11.1. The van der Waals surface area contributed by atoms with Gasteiger partial charge in [-0.1, -0.05) is 6.07 Å². The quantitative estimate of drug-likeness (QED) is 0.391. The van der Waals surface area contributed by atoms with E-state index in [0.717, 1.165) is 6.07 Å². The second-order valence-electron chi connectivity index (χ2n) is 7.89. The fraction of sp³-hybridized carbons (Fsp3) is 0.579. The van der Waals surface area contributed by atoms with Crippen LogP contribution in [0.25, 0.3) is 0 Å². The Bertz CT molecular complexity index is 961. The smallest absolute Gasteiger partial charge is 0.423 e. The summed E-state index contributed by atoms with van der Waals surface area (Å²) in [5.41, 5.74) is -3.36. The predicted molar refractivity (Wildman–Crippen MR) is 103 cm³/mol. The molecule has 34 heavy (non-hydrogen) atoms. The van der Waals surface area contributed by atoms with E-state index in [1.54, 1.807) is 0 Å². The number of hydrogen-bond donors (Lipinski definition) is 1. The normalized spacial score (nSPS) is 23.7. The fourth-order valence-electron chi connectivity index (χ4n) is 4.24. The first-order valence-electron chi connectivity index (χ1n) is 10.0. The highest BCUT2D eigenvalue weighted by atomic mass is 19.4. The van der Waals surface area contributed by atoms with E-state index in [9.17, 15) is 46.0 Å². The molecule has 2 fully saturated rings. The molecule has 9 nitrogen and oxygen atoms in total. The SMILES string of the molecule is COC(=O)N1CCN(C(=O)[C@@H]2CC(c3ccc([N+](=O)[O-])c(C(F)(F)F)c3)[C@H](C(F)(F)F)N2)CC1. The summed E-state index contributed by atoms with van der Waals surface area (Å²) < 4.78 is 85.7. The van der Waals surface area contributed by atoms with Crippen LogP contribution in [0.1, 0.15) is 23.5 Å². The van der Waals surface area contributed by atoms with Crippen LogP contribution in [0, 0.1) is 10.1 Å². The summed E-state index contributed by atoms with van der Waals surface area (Å²) in [4.78, 5) is 36.7. The number of carbonyl (C=O) groups excluding carboxylic acids is 2. The van der Waals surface area contributed by atoms with E-state index in [0.29, 0.717) is 12.1 Å². The molecule has 1 aromatic rings. The minimum Gasteiger partial charge on any atom is -0.453 e. The number of methoxy groups -OCH3 is 1. The van der Waals surface area contributed by atoms with Crippen LogP contribution < -0.4 is 5.32 Å². The van der Waals surface area contributed by atoms with Gasteiger partial charge in [-0.15, -0.1) is 0 Å². The van der Waals surface area contributed by atoms with E-state index < -0.39 is 70.5 Å². The van der Waals surface area contributed by atoms with Crippen LogP contribution in [-0.2, 0) is 15.7 Å². The maximum atomic E-state index is 13.7. The first-order chi connectivity index (χ1) is 15.7. The molecule has 3 rings (SSSR count). The maximum absolute atomic E-state index is 13.7. The lowest BCUT2D eigenvalue weighted by atomic mass is 9.88. The number of nitrogens with one attached hydrogen (secondary N) is 1. The maximum Gasteiger partial charge on any atom is 0.423 e. The van der Waals surface area contributed by atoms with E-state index in [1.165, 1.54) is 16.9 Å². The number of halogens is 6. The number of piperazine rings is 1.